The molecule has 9 heteroatoms. The third kappa shape index (κ3) is 4.68. The van der Waals surface area contributed by atoms with E-state index in [9.17, 15) is 19.6 Å². The predicted octanol–water partition coefficient (Wildman–Crippen LogP) is 2.74. The second-order valence-corrected chi connectivity index (χ2v) is 9.39. The number of nitrogens with zero attached hydrogens (tertiary/aromatic N) is 3. The highest BCUT2D eigenvalue weighted by molar-refractivity contribution is 6.01. The van der Waals surface area contributed by atoms with E-state index in [-0.39, 0.29) is 29.2 Å². The summed E-state index contributed by atoms with van der Waals surface area (Å²) < 4.78 is 16.7. The van der Waals surface area contributed by atoms with Gasteiger partial charge in [0, 0.05) is 25.2 Å². The monoisotopic (exact) mass is 501 g/mol. The van der Waals surface area contributed by atoms with Crippen LogP contribution in [0.1, 0.15) is 39.9 Å². The number of rotatable bonds is 6. The molecule has 1 amide bonds. The molecule has 3 aliphatic heterocycles. The molecule has 5 rings (SSSR count). The van der Waals surface area contributed by atoms with E-state index in [0.29, 0.717) is 0 Å². The number of nitriles is 1. The van der Waals surface area contributed by atoms with E-state index in [1.807, 2.05) is 24.3 Å². The molecule has 1 fully saturated rings. The van der Waals surface area contributed by atoms with Crippen molar-refractivity contribution < 1.29 is 28.6 Å². The Morgan fingerprint density at radius 3 is 2.43 bits per heavy atom. The first-order chi connectivity index (χ1) is 17.9. The first kappa shape index (κ1) is 24.5. The van der Waals surface area contributed by atoms with E-state index < -0.39 is 23.8 Å². The Morgan fingerprint density at radius 2 is 1.76 bits per heavy atom. The third-order valence-corrected chi connectivity index (χ3v) is 7.19. The SMILES string of the molecule is COc1ccccc1CCN1CCC(CN2C(=O)c3ccc(C#N)cc3C23OC(=O)C=CC(=O)O3)CC1. The van der Waals surface area contributed by atoms with Crippen molar-refractivity contribution in [1.82, 2.24) is 9.80 Å². The molecule has 190 valence electrons. The van der Waals surface area contributed by atoms with E-state index in [0.717, 1.165) is 62.4 Å². The molecule has 9 nitrogen and oxygen atoms in total. The minimum Gasteiger partial charge on any atom is -0.496 e. The topological polar surface area (TPSA) is 109 Å². The van der Waals surface area contributed by atoms with Crippen molar-refractivity contribution in [2.24, 2.45) is 5.92 Å². The molecule has 37 heavy (non-hydrogen) atoms. The number of carbonyl (C=O) groups excluding carboxylic acids is 3. The molecule has 0 aromatic heterocycles. The van der Waals surface area contributed by atoms with Gasteiger partial charge in [-0.1, -0.05) is 18.2 Å². The number of piperidine rings is 1. The molecule has 0 N–H and O–H groups in total. The maximum atomic E-state index is 13.5. The Bertz CT molecular complexity index is 1290. The Balaban J connectivity index is 1.31. The molecule has 0 radical (unpaired) electrons. The van der Waals surface area contributed by atoms with Gasteiger partial charge in [0.25, 0.3) is 5.91 Å². The molecule has 0 bridgehead atoms. The zero-order valence-corrected chi connectivity index (χ0v) is 20.5. The molecule has 1 saturated heterocycles. The fourth-order valence-corrected chi connectivity index (χ4v) is 5.25. The summed E-state index contributed by atoms with van der Waals surface area (Å²) in [5.41, 5.74) is 1.87. The summed E-state index contributed by atoms with van der Waals surface area (Å²) in [5, 5.41) is 9.39. The van der Waals surface area contributed by atoms with Crippen LogP contribution in [0.3, 0.4) is 0 Å². The average molecular weight is 502 g/mol. The summed E-state index contributed by atoms with van der Waals surface area (Å²) in [7, 11) is 1.68. The summed E-state index contributed by atoms with van der Waals surface area (Å²) in [4.78, 5) is 42.0. The van der Waals surface area contributed by atoms with E-state index in [4.69, 9.17) is 14.2 Å². The van der Waals surface area contributed by atoms with Crippen LogP contribution in [0.15, 0.2) is 54.6 Å². The molecule has 3 aliphatic rings. The zero-order chi connectivity index (χ0) is 26.0. The van der Waals surface area contributed by atoms with Crippen LogP contribution in [0.2, 0.25) is 0 Å². The lowest BCUT2D eigenvalue weighted by molar-refractivity contribution is -0.275. The number of carbonyl (C=O) groups is 3. The highest BCUT2D eigenvalue weighted by atomic mass is 16.8. The quantitative estimate of drug-likeness (QED) is 0.556. The van der Waals surface area contributed by atoms with Crippen molar-refractivity contribution in [3.8, 4) is 11.8 Å². The second-order valence-electron chi connectivity index (χ2n) is 9.39. The fourth-order valence-electron chi connectivity index (χ4n) is 5.25. The van der Waals surface area contributed by atoms with Crippen LogP contribution >= 0.6 is 0 Å². The number of para-hydroxylation sites is 1. The van der Waals surface area contributed by atoms with Crippen LogP contribution in [-0.2, 0) is 31.4 Å². The van der Waals surface area contributed by atoms with Crippen molar-refractivity contribution >= 4 is 17.8 Å². The summed E-state index contributed by atoms with van der Waals surface area (Å²) in [6.07, 6.45) is 4.48. The van der Waals surface area contributed by atoms with Crippen molar-refractivity contribution in [3.63, 3.8) is 0 Å². The molecular formula is C28H27N3O6. The first-order valence-corrected chi connectivity index (χ1v) is 12.3. The van der Waals surface area contributed by atoms with Gasteiger partial charge in [0.2, 0.25) is 0 Å². The largest absolute Gasteiger partial charge is 0.496 e. The minimum absolute atomic E-state index is 0.113. The standard InChI is InChI=1S/C28H27N3O6/c1-35-24-5-3-2-4-21(24)12-15-30-13-10-19(11-14-30)18-31-27(34)22-7-6-20(17-29)16-23(22)28(31)36-25(32)8-9-26(33)37-28/h2-9,16,19H,10-15,18H2,1H3. The number of likely N-dealkylation sites (tertiary alicyclic amines) is 1. The van der Waals surface area contributed by atoms with Gasteiger partial charge in [-0.2, -0.15) is 5.26 Å². The number of esters is 2. The van der Waals surface area contributed by atoms with Gasteiger partial charge in [-0.3, -0.25) is 9.69 Å². The smallest absolute Gasteiger partial charge is 0.375 e. The Hall–Kier alpha value is -4.16. The summed E-state index contributed by atoms with van der Waals surface area (Å²) in [5.74, 6) is -3.04. The summed E-state index contributed by atoms with van der Waals surface area (Å²) >= 11 is 0. The number of hydrogen-bond acceptors (Lipinski definition) is 8. The number of ether oxygens (including phenoxy) is 3. The molecular weight excluding hydrogens is 474 g/mol. The zero-order valence-electron chi connectivity index (χ0n) is 20.5. The van der Waals surface area contributed by atoms with E-state index in [1.54, 1.807) is 7.11 Å². The van der Waals surface area contributed by atoms with Gasteiger partial charge in [-0.25, -0.2) is 9.59 Å². The lowest BCUT2D eigenvalue weighted by Crippen LogP contribution is -2.52. The number of hydrogen-bond donors (Lipinski definition) is 0. The molecule has 1 spiro atoms. The molecule has 0 atom stereocenters. The van der Waals surface area contributed by atoms with Gasteiger partial charge in [-0.05, 0) is 68.1 Å². The van der Waals surface area contributed by atoms with Crippen molar-refractivity contribution in [1.29, 1.82) is 5.26 Å². The Kier molecular flexibility index (Phi) is 6.68. The van der Waals surface area contributed by atoms with E-state index >= 15 is 0 Å². The normalized spacial score (nSPS) is 19.2. The Morgan fingerprint density at radius 1 is 1.05 bits per heavy atom. The van der Waals surface area contributed by atoms with Crippen LogP contribution in [0.5, 0.6) is 5.75 Å². The summed E-state index contributed by atoms with van der Waals surface area (Å²) in [6.45, 7) is 2.84. The van der Waals surface area contributed by atoms with Gasteiger partial charge in [-0.15, -0.1) is 0 Å². The maximum Gasteiger partial charge on any atom is 0.375 e. The first-order valence-electron chi connectivity index (χ1n) is 12.3. The van der Waals surface area contributed by atoms with Gasteiger partial charge in [0.05, 0.1) is 29.9 Å². The minimum atomic E-state index is -2.03. The highest BCUT2D eigenvalue weighted by Gasteiger charge is 2.57. The highest BCUT2D eigenvalue weighted by Crippen LogP contribution is 2.44. The number of benzene rings is 2. The van der Waals surface area contributed by atoms with Crippen LogP contribution in [-0.4, -0.2) is 60.9 Å². The lowest BCUT2D eigenvalue weighted by Gasteiger charge is -2.39. The van der Waals surface area contributed by atoms with Crippen molar-refractivity contribution in [2.75, 3.05) is 33.3 Å². The van der Waals surface area contributed by atoms with Gasteiger partial charge in [0.1, 0.15) is 5.75 Å². The van der Waals surface area contributed by atoms with Crippen LogP contribution in [0.4, 0.5) is 0 Å². The number of methoxy groups -OCH3 is 1. The maximum absolute atomic E-state index is 13.5. The van der Waals surface area contributed by atoms with E-state index in [1.165, 1.54) is 23.1 Å². The van der Waals surface area contributed by atoms with E-state index in [2.05, 4.69) is 11.0 Å². The van der Waals surface area contributed by atoms with Crippen molar-refractivity contribution in [2.45, 2.75) is 25.2 Å². The average Bonchev–Trinajstić information content (AvgIpc) is 3.02. The van der Waals surface area contributed by atoms with Crippen LogP contribution < -0.4 is 4.74 Å². The Labute approximate surface area is 214 Å². The van der Waals surface area contributed by atoms with Crippen molar-refractivity contribution in [3.05, 3.63) is 76.9 Å². The molecule has 0 saturated carbocycles. The molecule has 2 aromatic rings. The second kappa shape index (κ2) is 10.1. The lowest BCUT2D eigenvalue weighted by atomic mass is 9.95. The molecule has 0 unspecified atom stereocenters. The molecule has 3 heterocycles. The predicted molar refractivity (Wildman–Crippen MR) is 131 cm³/mol. The van der Waals surface area contributed by atoms with Crippen LogP contribution in [0, 0.1) is 17.2 Å². The van der Waals surface area contributed by atoms with Crippen LogP contribution in [0.25, 0.3) is 0 Å². The number of amides is 1. The fraction of sp³-hybridized carbons (Fsp3) is 0.357. The number of fused-ring (bicyclic) bond motifs is 2. The summed E-state index contributed by atoms with van der Waals surface area (Å²) in [6, 6.07) is 14.5. The van der Waals surface area contributed by atoms with Gasteiger partial charge < -0.3 is 19.1 Å². The van der Waals surface area contributed by atoms with Gasteiger partial charge >= 0.3 is 17.8 Å². The van der Waals surface area contributed by atoms with Gasteiger partial charge in [0.15, 0.2) is 0 Å². The molecule has 0 aliphatic carbocycles. The third-order valence-electron chi connectivity index (χ3n) is 7.19. The molecule has 2 aromatic carbocycles.